The second kappa shape index (κ2) is 10.4. The minimum absolute atomic E-state index is 0. The molecule has 110 valence electrons. The Morgan fingerprint density at radius 1 is 1.37 bits per heavy atom. The van der Waals surface area contributed by atoms with Gasteiger partial charge in [-0.3, -0.25) is 0 Å². The highest BCUT2D eigenvalue weighted by atomic mass is 127. The van der Waals surface area contributed by atoms with Crippen LogP contribution in [0.3, 0.4) is 0 Å². The van der Waals surface area contributed by atoms with Crippen molar-refractivity contribution in [3.8, 4) is 12.3 Å². The summed E-state index contributed by atoms with van der Waals surface area (Å²) in [4.78, 5) is 6.63. The minimum Gasteiger partial charge on any atom is -0.356 e. The van der Waals surface area contributed by atoms with Gasteiger partial charge < -0.3 is 10.2 Å². The van der Waals surface area contributed by atoms with E-state index in [1.807, 2.05) is 0 Å². The van der Waals surface area contributed by atoms with E-state index in [0.717, 1.165) is 30.9 Å². The van der Waals surface area contributed by atoms with Crippen LogP contribution >= 0.6 is 24.0 Å². The molecule has 19 heavy (non-hydrogen) atoms. The number of terminal acetylenes is 1. The molecule has 0 aromatic rings. The molecular weight excluding hydrogens is 349 g/mol. The summed E-state index contributed by atoms with van der Waals surface area (Å²) in [6, 6.07) is 0. The summed E-state index contributed by atoms with van der Waals surface area (Å²) >= 11 is 0. The topological polar surface area (TPSA) is 27.6 Å². The molecule has 3 nitrogen and oxygen atoms in total. The second-order valence-corrected chi connectivity index (χ2v) is 5.38. The molecule has 0 bridgehead atoms. The van der Waals surface area contributed by atoms with Gasteiger partial charge >= 0.3 is 0 Å². The number of nitrogens with zero attached hydrogens (tertiary/aromatic N) is 2. The molecule has 0 aliphatic heterocycles. The van der Waals surface area contributed by atoms with Gasteiger partial charge in [-0.1, -0.05) is 25.7 Å². The second-order valence-electron chi connectivity index (χ2n) is 5.38. The summed E-state index contributed by atoms with van der Waals surface area (Å²) in [5.74, 6) is 5.22. The minimum atomic E-state index is 0. The van der Waals surface area contributed by atoms with Crippen molar-refractivity contribution in [3.63, 3.8) is 0 Å². The monoisotopic (exact) mass is 377 g/mol. The van der Waals surface area contributed by atoms with Gasteiger partial charge in [0, 0.05) is 20.1 Å². The first-order valence-corrected chi connectivity index (χ1v) is 7.10. The zero-order chi connectivity index (χ0) is 13.4. The Labute approximate surface area is 135 Å². The van der Waals surface area contributed by atoms with Crippen LogP contribution < -0.4 is 5.32 Å². The molecule has 1 rings (SSSR count). The van der Waals surface area contributed by atoms with E-state index in [-0.39, 0.29) is 24.0 Å². The first-order valence-electron chi connectivity index (χ1n) is 7.10. The molecule has 0 amide bonds. The van der Waals surface area contributed by atoms with E-state index >= 15 is 0 Å². The van der Waals surface area contributed by atoms with Crippen molar-refractivity contribution in [1.82, 2.24) is 10.2 Å². The molecule has 0 aromatic carbocycles. The van der Waals surface area contributed by atoms with E-state index in [0.29, 0.717) is 6.54 Å². The maximum absolute atomic E-state index is 5.27. The Kier molecular flexibility index (Phi) is 10.1. The van der Waals surface area contributed by atoms with Crippen LogP contribution in [0.4, 0.5) is 0 Å². The van der Waals surface area contributed by atoms with Gasteiger partial charge in [0.25, 0.3) is 0 Å². The highest BCUT2D eigenvalue weighted by Crippen LogP contribution is 2.28. The molecule has 0 atom stereocenters. The van der Waals surface area contributed by atoms with Crippen molar-refractivity contribution < 1.29 is 0 Å². The fourth-order valence-corrected chi connectivity index (χ4v) is 2.58. The standard InChI is InChI=1S/C15H27N3.HI/c1-5-11-17-15(16-6-2)18(4)12-14-9-7-13(3)8-10-14;/h1,13-14H,6-12H2,2-4H3,(H,16,17);1H. The SMILES string of the molecule is C#CCN=C(NCC)N(C)CC1CCC(C)CC1.I. The molecular formula is C15H28IN3. The molecule has 0 heterocycles. The number of hydrogen-bond donors (Lipinski definition) is 1. The first kappa shape index (κ1) is 18.6. The summed E-state index contributed by atoms with van der Waals surface area (Å²) in [7, 11) is 2.11. The van der Waals surface area contributed by atoms with E-state index in [1.165, 1.54) is 25.7 Å². The van der Waals surface area contributed by atoms with Gasteiger partial charge in [0.1, 0.15) is 6.54 Å². The van der Waals surface area contributed by atoms with Crippen molar-refractivity contribution in [3.05, 3.63) is 0 Å². The maximum Gasteiger partial charge on any atom is 0.194 e. The smallest absolute Gasteiger partial charge is 0.194 e. The molecule has 0 saturated heterocycles. The summed E-state index contributed by atoms with van der Waals surface area (Å²) < 4.78 is 0. The number of halogens is 1. The van der Waals surface area contributed by atoms with Crippen LogP contribution in [0.2, 0.25) is 0 Å². The maximum atomic E-state index is 5.27. The predicted molar refractivity (Wildman–Crippen MR) is 94.0 cm³/mol. The summed E-state index contributed by atoms with van der Waals surface area (Å²) in [5, 5.41) is 3.30. The van der Waals surface area contributed by atoms with E-state index in [4.69, 9.17) is 6.42 Å². The quantitative estimate of drug-likeness (QED) is 0.353. The fraction of sp³-hybridized carbons (Fsp3) is 0.800. The third-order valence-corrected chi connectivity index (χ3v) is 3.68. The van der Waals surface area contributed by atoms with Gasteiger partial charge in [-0.15, -0.1) is 30.4 Å². The molecule has 1 aliphatic carbocycles. The molecule has 0 unspecified atom stereocenters. The Morgan fingerprint density at radius 2 is 2.00 bits per heavy atom. The van der Waals surface area contributed by atoms with Gasteiger partial charge in [-0.05, 0) is 31.6 Å². The van der Waals surface area contributed by atoms with E-state index in [2.05, 4.69) is 42.0 Å². The Morgan fingerprint density at radius 3 is 2.53 bits per heavy atom. The van der Waals surface area contributed by atoms with E-state index < -0.39 is 0 Å². The lowest BCUT2D eigenvalue weighted by atomic mass is 9.83. The van der Waals surface area contributed by atoms with Crippen LogP contribution in [0.1, 0.15) is 39.5 Å². The van der Waals surface area contributed by atoms with Crippen LogP contribution in [0.25, 0.3) is 0 Å². The average Bonchev–Trinajstić information content (AvgIpc) is 2.37. The van der Waals surface area contributed by atoms with Gasteiger partial charge in [0.15, 0.2) is 5.96 Å². The fourth-order valence-electron chi connectivity index (χ4n) is 2.58. The Bertz CT molecular complexity index is 301. The lowest BCUT2D eigenvalue weighted by Crippen LogP contribution is -2.41. The van der Waals surface area contributed by atoms with Crippen LogP contribution in [0.15, 0.2) is 4.99 Å². The highest BCUT2D eigenvalue weighted by Gasteiger charge is 2.20. The summed E-state index contributed by atoms with van der Waals surface area (Å²) in [5.41, 5.74) is 0. The predicted octanol–water partition coefficient (Wildman–Crippen LogP) is 2.96. The Hall–Kier alpha value is -0.440. The van der Waals surface area contributed by atoms with Crippen molar-refractivity contribution in [1.29, 1.82) is 0 Å². The number of nitrogens with one attached hydrogen (secondary N) is 1. The number of hydrogen-bond acceptors (Lipinski definition) is 1. The van der Waals surface area contributed by atoms with Crippen LogP contribution in [0.5, 0.6) is 0 Å². The molecule has 4 heteroatoms. The Balaban J connectivity index is 0.00000324. The highest BCUT2D eigenvalue weighted by molar-refractivity contribution is 14.0. The molecule has 0 aromatic heterocycles. The zero-order valence-corrected chi connectivity index (χ0v) is 14.8. The molecule has 0 spiro atoms. The largest absolute Gasteiger partial charge is 0.356 e. The summed E-state index contributed by atoms with van der Waals surface area (Å²) in [6.07, 6.45) is 10.7. The van der Waals surface area contributed by atoms with Gasteiger partial charge in [-0.2, -0.15) is 0 Å². The third kappa shape index (κ3) is 7.05. The molecule has 1 aliphatic rings. The molecule has 0 radical (unpaired) electrons. The van der Waals surface area contributed by atoms with Crippen molar-refractivity contribution in [2.45, 2.75) is 39.5 Å². The van der Waals surface area contributed by atoms with Gasteiger partial charge in [-0.25, -0.2) is 4.99 Å². The van der Waals surface area contributed by atoms with Gasteiger partial charge in [0.2, 0.25) is 0 Å². The lowest BCUT2D eigenvalue weighted by Gasteiger charge is -2.31. The number of rotatable bonds is 4. The molecule has 1 saturated carbocycles. The van der Waals surface area contributed by atoms with Crippen molar-refractivity contribution in [2.75, 3.05) is 26.7 Å². The molecule has 1 fully saturated rings. The van der Waals surface area contributed by atoms with Crippen molar-refractivity contribution in [2.24, 2.45) is 16.8 Å². The first-order chi connectivity index (χ1) is 8.67. The van der Waals surface area contributed by atoms with Crippen LogP contribution in [-0.4, -0.2) is 37.5 Å². The van der Waals surface area contributed by atoms with Crippen LogP contribution in [-0.2, 0) is 0 Å². The normalized spacial score (nSPS) is 23.2. The number of aliphatic imine (C=N–C) groups is 1. The van der Waals surface area contributed by atoms with E-state index in [1.54, 1.807) is 0 Å². The molecule has 1 N–H and O–H groups in total. The van der Waals surface area contributed by atoms with Crippen molar-refractivity contribution >= 4 is 29.9 Å². The van der Waals surface area contributed by atoms with Crippen LogP contribution in [0, 0.1) is 24.2 Å². The number of guanidine groups is 1. The summed E-state index contributed by atoms with van der Waals surface area (Å²) in [6.45, 7) is 6.87. The van der Waals surface area contributed by atoms with Gasteiger partial charge in [0.05, 0.1) is 0 Å². The average molecular weight is 377 g/mol. The zero-order valence-electron chi connectivity index (χ0n) is 12.5. The lowest BCUT2D eigenvalue weighted by molar-refractivity contribution is 0.250. The third-order valence-electron chi connectivity index (χ3n) is 3.68. The van der Waals surface area contributed by atoms with E-state index in [9.17, 15) is 0 Å².